The van der Waals surface area contributed by atoms with E-state index in [4.69, 9.17) is 11.6 Å². The van der Waals surface area contributed by atoms with Crippen molar-refractivity contribution in [2.24, 2.45) is 0 Å². The summed E-state index contributed by atoms with van der Waals surface area (Å²) in [7, 11) is -3.56. The van der Waals surface area contributed by atoms with Gasteiger partial charge in [-0.1, -0.05) is 24.4 Å². The molecule has 0 unspecified atom stereocenters. The number of anilines is 1. The third kappa shape index (κ3) is 5.79. The highest BCUT2D eigenvalue weighted by molar-refractivity contribution is 7.87. The Balaban J connectivity index is 1.33. The molecule has 1 aromatic heterocycles. The van der Waals surface area contributed by atoms with Crippen LogP contribution in [0.1, 0.15) is 57.8 Å². The lowest BCUT2D eigenvalue weighted by molar-refractivity contribution is 0.0859. The zero-order valence-electron chi connectivity index (χ0n) is 18.4. The molecule has 2 aliphatic carbocycles. The van der Waals surface area contributed by atoms with Crippen molar-refractivity contribution in [1.82, 2.24) is 24.5 Å². The first-order valence-electron chi connectivity index (χ1n) is 11.5. The van der Waals surface area contributed by atoms with Crippen molar-refractivity contribution < 1.29 is 18.3 Å². The number of aromatic amines is 1. The van der Waals surface area contributed by atoms with Gasteiger partial charge in [-0.2, -0.15) is 23.0 Å². The number of amides is 1. The molecule has 3 aliphatic rings. The minimum Gasteiger partial charge on any atom is -0.465 e. The number of carboxylic acid groups (broad SMARTS) is 1. The molecule has 184 valence electrons. The predicted molar refractivity (Wildman–Crippen MR) is 124 cm³/mol. The Morgan fingerprint density at radius 2 is 1.73 bits per heavy atom. The highest BCUT2D eigenvalue weighted by Crippen LogP contribution is 2.31. The van der Waals surface area contributed by atoms with E-state index >= 15 is 0 Å². The molecule has 1 aromatic rings. The van der Waals surface area contributed by atoms with E-state index in [1.54, 1.807) is 0 Å². The second-order valence-electron chi connectivity index (χ2n) is 9.20. The van der Waals surface area contributed by atoms with Crippen LogP contribution in [0.5, 0.6) is 0 Å². The van der Waals surface area contributed by atoms with Crippen molar-refractivity contribution in [3.05, 3.63) is 21.6 Å². The number of H-pyrrole nitrogens is 1. The molecule has 1 atom stereocenters. The molecule has 0 aromatic carbocycles. The van der Waals surface area contributed by atoms with Gasteiger partial charge in [-0.25, -0.2) is 9.89 Å². The molecule has 13 heteroatoms. The molecule has 0 radical (unpaired) electrons. The zero-order chi connectivity index (χ0) is 23.6. The Morgan fingerprint density at radius 1 is 1.09 bits per heavy atom. The summed E-state index contributed by atoms with van der Waals surface area (Å²) >= 11 is 6.12. The number of hydrogen-bond donors (Lipinski definition) is 4. The zero-order valence-corrected chi connectivity index (χ0v) is 19.9. The first-order valence-corrected chi connectivity index (χ1v) is 13.4. The van der Waals surface area contributed by atoms with Crippen molar-refractivity contribution >= 4 is 33.6 Å². The quantitative estimate of drug-likeness (QED) is 0.443. The van der Waals surface area contributed by atoms with E-state index in [1.165, 1.54) is 11.1 Å². The molecular formula is C20H31ClN6O5S. The van der Waals surface area contributed by atoms with Gasteiger partial charge in [0.2, 0.25) is 0 Å². The molecule has 4 N–H and O–H groups in total. The maximum absolute atomic E-state index is 12.4. The largest absolute Gasteiger partial charge is 0.465 e. The monoisotopic (exact) mass is 502 g/mol. The normalized spacial score (nSPS) is 26.6. The van der Waals surface area contributed by atoms with Crippen LogP contribution in [0.4, 0.5) is 10.5 Å². The number of halogens is 1. The van der Waals surface area contributed by atoms with E-state index < -0.39 is 21.9 Å². The first-order chi connectivity index (χ1) is 15.7. The lowest BCUT2D eigenvalue weighted by atomic mass is 9.90. The minimum atomic E-state index is -3.56. The number of nitrogens with one attached hydrogen (secondary N) is 3. The van der Waals surface area contributed by atoms with E-state index in [9.17, 15) is 23.1 Å². The summed E-state index contributed by atoms with van der Waals surface area (Å²) < 4.78 is 30.4. The van der Waals surface area contributed by atoms with Crippen LogP contribution < -0.4 is 19.9 Å². The summed E-state index contributed by atoms with van der Waals surface area (Å²) in [6, 6.07) is -0.601. The fourth-order valence-corrected chi connectivity index (χ4v) is 7.01. The standard InChI is InChI=1S/C20H31ClN6O5S/c21-18-17(11-22-23-19(18)28)26-10-9-16(12-26)27(20(29)30)15-7-5-14(6-8-15)25-33(31,32)24-13-3-1-2-4-13/h11,13-16,24-25H,1-10,12H2,(H,23,28)(H,29,30)/t14?,15?,16-/m1/s1. The number of hydrogen-bond acceptors (Lipinski definition) is 6. The summed E-state index contributed by atoms with van der Waals surface area (Å²) in [6.45, 7) is 0.996. The van der Waals surface area contributed by atoms with Crippen LogP contribution in [0.15, 0.2) is 11.0 Å². The molecule has 0 spiro atoms. The van der Waals surface area contributed by atoms with Crippen molar-refractivity contribution in [1.29, 1.82) is 0 Å². The van der Waals surface area contributed by atoms with Crippen LogP contribution in [-0.2, 0) is 10.2 Å². The van der Waals surface area contributed by atoms with Crippen molar-refractivity contribution in [3.63, 3.8) is 0 Å². The fourth-order valence-electron chi connectivity index (χ4n) is 5.38. The Hall–Kier alpha value is -1.89. The molecule has 2 saturated carbocycles. The van der Waals surface area contributed by atoms with E-state index in [1.807, 2.05) is 4.90 Å². The molecule has 0 bridgehead atoms. The van der Waals surface area contributed by atoms with Crippen LogP contribution >= 0.6 is 11.6 Å². The summed E-state index contributed by atoms with van der Waals surface area (Å²) in [5.74, 6) is 0. The number of aromatic nitrogens is 2. The van der Waals surface area contributed by atoms with Crippen LogP contribution in [-0.4, -0.2) is 72.0 Å². The van der Waals surface area contributed by atoms with Gasteiger partial charge in [0.25, 0.3) is 15.8 Å². The third-order valence-electron chi connectivity index (χ3n) is 6.98. The maximum atomic E-state index is 12.4. The summed E-state index contributed by atoms with van der Waals surface area (Å²) in [5.41, 5.74) is 0.0250. The second-order valence-corrected chi connectivity index (χ2v) is 11.1. The topological polar surface area (TPSA) is 148 Å². The Kier molecular flexibility index (Phi) is 7.46. The van der Waals surface area contributed by atoms with Crippen molar-refractivity contribution in [3.8, 4) is 0 Å². The highest BCUT2D eigenvalue weighted by Gasteiger charge is 2.38. The molecule has 1 saturated heterocycles. The van der Waals surface area contributed by atoms with Gasteiger partial charge in [-0.3, -0.25) is 4.79 Å². The number of carbonyl (C=O) groups is 1. The minimum absolute atomic E-state index is 0.00977. The van der Waals surface area contributed by atoms with Crippen molar-refractivity contribution in [2.45, 2.75) is 82.0 Å². The van der Waals surface area contributed by atoms with Crippen LogP contribution in [0.25, 0.3) is 0 Å². The average molecular weight is 503 g/mol. The Morgan fingerprint density at radius 3 is 2.36 bits per heavy atom. The first kappa shape index (κ1) is 24.2. The van der Waals surface area contributed by atoms with Gasteiger partial charge in [0.15, 0.2) is 0 Å². The molecule has 33 heavy (non-hydrogen) atoms. The van der Waals surface area contributed by atoms with Gasteiger partial charge in [0.05, 0.1) is 17.9 Å². The number of nitrogens with zero attached hydrogens (tertiary/aromatic N) is 3. The third-order valence-corrected chi connectivity index (χ3v) is 8.64. The van der Waals surface area contributed by atoms with E-state index in [0.29, 0.717) is 50.9 Å². The number of rotatable bonds is 7. The lowest BCUT2D eigenvalue weighted by Gasteiger charge is -2.38. The Bertz CT molecular complexity index is 1010. The summed E-state index contributed by atoms with van der Waals surface area (Å²) in [5, 5.41) is 16.1. The molecule has 4 rings (SSSR count). The van der Waals surface area contributed by atoms with Crippen LogP contribution in [0.2, 0.25) is 5.02 Å². The molecule has 1 aliphatic heterocycles. The average Bonchev–Trinajstić information content (AvgIpc) is 3.43. The van der Waals surface area contributed by atoms with E-state index in [0.717, 1.165) is 25.7 Å². The smallest absolute Gasteiger partial charge is 0.407 e. The van der Waals surface area contributed by atoms with Gasteiger partial charge in [0, 0.05) is 31.2 Å². The van der Waals surface area contributed by atoms with Gasteiger partial charge in [-0.05, 0) is 44.9 Å². The van der Waals surface area contributed by atoms with Gasteiger partial charge >= 0.3 is 6.09 Å². The van der Waals surface area contributed by atoms with Gasteiger partial charge in [-0.15, -0.1) is 0 Å². The van der Waals surface area contributed by atoms with Crippen LogP contribution in [0.3, 0.4) is 0 Å². The molecule has 11 nitrogen and oxygen atoms in total. The fraction of sp³-hybridized carbons (Fsp3) is 0.750. The van der Waals surface area contributed by atoms with Crippen LogP contribution in [0, 0.1) is 0 Å². The van der Waals surface area contributed by atoms with E-state index in [-0.39, 0.29) is 29.2 Å². The SMILES string of the molecule is O=C(O)N(C1CCC(NS(=O)(=O)NC2CCCC2)CC1)[C@@H]1CCN(c2cn[nH]c(=O)c2Cl)C1. The maximum Gasteiger partial charge on any atom is 0.407 e. The van der Waals surface area contributed by atoms with Crippen molar-refractivity contribution in [2.75, 3.05) is 18.0 Å². The molecule has 3 fully saturated rings. The lowest BCUT2D eigenvalue weighted by Crippen LogP contribution is -2.52. The van der Waals surface area contributed by atoms with Gasteiger partial charge in [0.1, 0.15) is 5.02 Å². The molecule has 2 heterocycles. The summed E-state index contributed by atoms with van der Waals surface area (Å²) in [4.78, 5) is 27.3. The highest BCUT2D eigenvalue weighted by atomic mass is 35.5. The second kappa shape index (κ2) is 10.2. The molecular weight excluding hydrogens is 472 g/mol. The summed E-state index contributed by atoms with van der Waals surface area (Å²) in [6.07, 6.45) is 7.30. The predicted octanol–water partition coefficient (Wildman–Crippen LogP) is 1.66. The van der Waals surface area contributed by atoms with E-state index in [2.05, 4.69) is 19.6 Å². The van der Waals surface area contributed by atoms with Gasteiger partial charge < -0.3 is 14.9 Å². The Labute approximate surface area is 198 Å². The molecule has 1 amide bonds.